The van der Waals surface area contributed by atoms with Crippen molar-refractivity contribution in [1.82, 2.24) is 0 Å². The number of para-hydroxylation sites is 1. The zero-order valence-corrected chi connectivity index (χ0v) is 15.0. The van der Waals surface area contributed by atoms with E-state index < -0.39 is 9.84 Å². The van der Waals surface area contributed by atoms with E-state index in [0.29, 0.717) is 12.1 Å². The maximum Gasteiger partial charge on any atom is 0.234 e. The van der Waals surface area contributed by atoms with Crippen molar-refractivity contribution >= 4 is 55.1 Å². The zero-order valence-electron chi connectivity index (χ0n) is 13.4. The molecule has 0 spiro atoms. The topological polar surface area (TPSA) is 76.4 Å². The Balaban J connectivity index is 1.43. The minimum atomic E-state index is -2.90. The summed E-state index contributed by atoms with van der Waals surface area (Å²) >= 11 is 1.41. The number of hydrogen-bond acceptors (Lipinski definition) is 5. The summed E-state index contributed by atoms with van der Waals surface area (Å²) < 4.78 is 28.7. The van der Waals surface area contributed by atoms with Gasteiger partial charge in [0.2, 0.25) is 5.91 Å². The van der Waals surface area contributed by atoms with Crippen molar-refractivity contribution in [3.05, 3.63) is 42.5 Å². The Kier molecular flexibility index (Phi) is 4.21. The van der Waals surface area contributed by atoms with Crippen LogP contribution in [0.3, 0.4) is 0 Å². The molecule has 1 fully saturated rings. The predicted molar refractivity (Wildman–Crippen MR) is 102 cm³/mol. The number of amides is 1. The number of thioether (sulfide) groups is 1. The van der Waals surface area contributed by atoms with E-state index in [2.05, 4.69) is 5.32 Å². The number of nitrogens with one attached hydrogen (secondary N) is 1. The highest BCUT2D eigenvalue weighted by Crippen LogP contribution is 2.30. The van der Waals surface area contributed by atoms with Crippen LogP contribution in [-0.2, 0) is 14.6 Å². The molecule has 1 atom stereocenters. The number of fused-ring (bicyclic) bond motifs is 3. The van der Waals surface area contributed by atoms with Gasteiger partial charge in [0.1, 0.15) is 11.2 Å². The van der Waals surface area contributed by atoms with Crippen molar-refractivity contribution < 1.29 is 17.6 Å². The van der Waals surface area contributed by atoms with Crippen molar-refractivity contribution in [2.24, 2.45) is 0 Å². The molecule has 1 aliphatic rings. The van der Waals surface area contributed by atoms with Gasteiger partial charge in [0.15, 0.2) is 9.84 Å². The molecule has 0 saturated carbocycles. The van der Waals surface area contributed by atoms with Gasteiger partial charge in [0.05, 0.1) is 17.3 Å². The van der Waals surface area contributed by atoms with E-state index in [0.717, 1.165) is 21.9 Å². The number of carbonyl (C=O) groups is 1. The van der Waals surface area contributed by atoms with Crippen LogP contribution in [0.15, 0.2) is 46.9 Å². The van der Waals surface area contributed by atoms with Gasteiger partial charge in [-0.05, 0) is 24.6 Å². The van der Waals surface area contributed by atoms with Gasteiger partial charge in [0, 0.05) is 27.8 Å². The van der Waals surface area contributed by atoms with E-state index >= 15 is 0 Å². The van der Waals surface area contributed by atoms with Crippen molar-refractivity contribution in [1.29, 1.82) is 0 Å². The molecule has 7 heteroatoms. The fourth-order valence-corrected chi connectivity index (χ4v) is 6.53. The average Bonchev–Trinajstić information content (AvgIpc) is 3.12. The summed E-state index contributed by atoms with van der Waals surface area (Å²) in [6.07, 6.45) is 0.630. The van der Waals surface area contributed by atoms with Crippen molar-refractivity contribution in [3.8, 4) is 0 Å². The average molecular weight is 375 g/mol. The van der Waals surface area contributed by atoms with Crippen molar-refractivity contribution in [2.75, 3.05) is 22.6 Å². The van der Waals surface area contributed by atoms with Crippen LogP contribution in [0.5, 0.6) is 0 Å². The lowest BCUT2D eigenvalue weighted by Gasteiger charge is -2.08. The Morgan fingerprint density at radius 1 is 1.16 bits per heavy atom. The first-order chi connectivity index (χ1) is 12.0. The first kappa shape index (κ1) is 16.5. The molecule has 1 N–H and O–H groups in total. The normalized spacial score (nSPS) is 19.4. The van der Waals surface area contributed by atoms with Crippen LogP contribution >= 0.6 is 11.8 Å². The van der Waals surface area contributed by atoms with Crippen LogP contribution in [0.4, 0.5) is 5.69 Å². The smallest absolute Gasteiger partial charge is 0.234 e. The lowest BCUT2D eigenvalue weighted by molar-refractivity contribution is -0.113. The maximum absolute atomic E-state index is 12.1. The first-order valence-electron chi connectivity index (χ1n) is 8.03. The number of carbonyl (C=O) groups excluding carboxylic acids is 1. The van der Waals surface area contributed by atoms with Crippen LogP contribution in [0, 0.1) is 0 Å². The summed E-state index contributed by atoms with van der Waals surface area (Å²) in [5, 5.41) is 4.94. The molecule has 0 radical (unpaired) electrons. The van der Waals surface area contributed by atoms with Gasteiger partial charge in [-0.2, -0.15) is 0 Å². The van der Waals surface area contributed by atoms with E-state index in [1.54, 1.807) is 0 Å². The van der Waals surface area contributed by atoms with Crippen LogP contribution in [-0.4, -0.2) is 36.8 Å². The number of furan rings is 1. The molecule has 130 valence electrons. The van der Waals surface area contributed by atoms with Crippen LogP contribution < -0.4 is 5.32 Å². The number of rotatable bonds is 4. The Hall–Kier alpha value is -1.99. The monoisotopic (exact) mass is 375 g/mol. The molecule has 0 unspecified atom stereocenters. The van der Waals surface area contributed by atoms with E-state index in [1.807, 2.05) is 42.5 Å². The highest BCUT2D eigenvalue weighted by Gasteiger charge is 2.28. The van der Waals surface area contributed by atoms with Crippen LogP contribution in [0.2, 0.25) is 0 Å². The Labute approximate surface area is 149 Å². The van der Waals surface area contributed by atoms with E-state index in [4.69, 9.17) is 4.42 Å². The fourth-order valence-electron chi connectivity index (χ4n) is 3.09. The molecule has 2 aromatic carbocycles. The number of anilines is 1. The molecule has 3 aromatic rings. The third kappa shape index (κ3) is 3.52. The fraction of sp³-hybridized carbons (Fsp3) is 0.278. The molecule has 4 rings (SSSR count). The first-order valence-corrected chi connectivity index (χ1v) is 10.9. The second kappa shape index (κ2) is 6.38. The molecule has 2 heterocycles. The summed E-state index contributed by atoms with van der Waals surface area (Å²) in [5.41, 5.74) is 2.23. The number of hydrogen-bond donors (Lipinski definition) is 1. The van der Waals surface area contributed by atoms with Crippen LogP contribution in [0.1, 0.15) is 6.42 Å². The van der Waals surface area contributed by atoms with Gasteiger partial charge >= 0.3 is 0 Å². The molecular formula is C18H17NO4S2. The van der Waals surface area contributed by atoms with E-state index in [1.165, 1.54) is 11.8 Å². The summed E-state index contributed by atoms with van der Waals surface area (Å²) in [6.45, 7) is 0. The number of benzene rings is 2. The molecule has 0 bridgehead atoms. The minimum Gasteiger partial charge on any atom is -0.456 e. The van der Waals surface area contributed by atoms with Gasteiger partial charge in [-0.1, -0.05) is 18.2 Å². The lowest BCUT2D eigenvalue weighted by atomic mass is 10.1. The van der Waals surface area contributed by atoms with Crippen molar-refractivity contribution in [3.63, 3.8) is 0 Å². The molecular weight excluding hydrogens is 358 g/mol. The molecule has 1 aliphatic heterocycles. The summed E-state index contributed by atoms with van der Waals surface area (Å²) in [7, 11) is -2.90. The van der Waals surface area contributed by atoms with Gasteiger partial charge in [0.25, 0.3) is 0 Å². The van der Waals surface area contributed by atoms with E-state index in [9.17, 15) is 13.2 Å². The summed E-state index contributed by atoms with van der Waals surface area (Å²) in [6, 6.07) is 13.4. The molecule has 1 saturated heterocycles. The van der Waals surface area contributed by atoms with E-state index in [-0.39, 0.29) is 28.4 Å². The predicted octanol–water partition coefficient (Wildman–Crippen LogP) is 3.44. The SMILES string of the molecule is O=C(CS[C@H]1CCS(=O)(=O)C1)Nc1ccc2c(c1)oc1ccccc12. The zero-order chi connectivity index (χ0) is 17.4. The quantitative estimate of drug-likeness (QED) is 0.756. The summed E-state index contributed by atoms with van der Waals surface area (Å²) in [4.78, 5) is 12.1. The van der Waals surface area contributed by atoms with Gasteiger partial charge in [-0.15, -0.1) is 11.8 Å². The number of sulfone groups is 1. The standard InChI is InChI=1S/C18H17NO4S2/c20-18(10-24-13-7-8-25(21,22)11-13)19-12-5-6-15-14-3-1-2-4-16(14)23-17(15)9-12/h1-6,9,13H,7-8,10-11H2,(H,19,20)/t13-/m0/s1. The second-order valence-corrected chi connectivity index (χ2v) is 9.71. The summed E-state index contributed by atoms with van der Waals surface area (Å²) in [5.74, 6) is 0.522. The lowest BCUT2D eigenvalue weighted by Crippen LogP contribution is -2.17. The third-order valence-electron chi connectivity index (χ3n) is 4.30. The second-order valence-electron chi connectivity index (χ2n) is 6.19. The Morgan fingerprint density at radius 2 is 1.96 bits per heavy atom. The highest BCUT2D eigenvalue weighted by molar-refractivity contribution is 8.02. The van der Waals surface area contributed by atoms with Crippen molar-refractivity contribution in [2.45, 2.75) is 11.7 Å². The van der Waals surface area contributed by atoms with Crippen LogP contribution in [0.25, 0.3) is 21.9 Å². The highest BCUT2D eigenvalue weighted by atomic mass is 32.2. The molecule has 25 heavy (non-hydrogen) atoms. The van der Waals surface area contributed by atoms with Gasteiger partial charge in [-0.25, -0.2) is 8.42 Å². The molecule has 5 nitrogen and oxygen atoms in total. The Morgan fingerprint density at radius 3 is 2.76 bits per heavy atom. The minimum absolute atomic E-state index is 0.0219. The third-order valence-corrected chi connectivity index (χ3v) is 7.58. The maximum atomic E-state index is 12.1. The largest absolute Gasteiger partial charge is 0.456 e. The molecule has 1 amide bonds. The molecule has 0 aliphatic carbocycles. The van der Waals surface area contributed by atoms with Gasteiger partial charge in [-0.3, -0.25) is 4.79 Å². The Bertz CT molecular complexity index is 1060. The molecule has 1 aromatic heterocycles. The van der Waals surface area contributed by atoms with Gasteiger partial charge < -0.3 is 9.73 Å².